The van der Waals surface area contributed by atoms with Crippen molar-refractivity contribution in [3.8, 4) is 11.4 Å². The van der Waals surface area contributed by atoms with Crippen molar-refractivity contribution < 1.29 is 4.52 Å². The van der Waals surface area contributed by atoms with Gasteiger partial charge in [-0.05, 0) is 42.8 Å². The second-order valence-electron chi connectivity index (χ2n) is 7.61. The van der Waals surface area contributed by atoms with Crippen LogP contribution in [0.2, 0.25) is 5.02 Å². The van der Waals surface area contributed by atoms with Crippen molar-refractivity contribution >= 4 is 40.0 Å². The molecule has 0 fully saturated rings. The Kier molecular flexibility index (Phi) is 6.15. The molecular weight excluding hydrogens is 460 g/mol. The normalized spacial score (nSPS) is 11.6. The minimum atomic E-state index is -0.0392. The zero-order valence-corrected chi connectivity index (χ0v) is 19.5. The number of fused-ring (bicyclic) bond motifs is 3. The number of halogens is 1. The van der Waals surface area contributed by atoms with Crippen LogP contribution in [0.25, 0.3) is 28.1 Å². The van der Waals surface area contributed by atoms with Crippen LogP contribution in [-0.4, -0.2) is 29.3 Å². The molecule has 168 valence electrons. The molecule has 0 bridgehead atoms. The molecule has 2 aromatic carbocycles. The molecular formula is C23H21ClN6O2S. The minimum Gasteiger partial charge on any atom is -0.338 e. The largest absolute Gasteiger partial charge is 0.338 e. The summed E-state index contributed by atoms with van der Waals surface area (Å²) in [4.78, 5) is 17.6. The molecule has 0 unspecified atom stereocenters. The van der Waals surface area contributed by atoms with Gasteiger partial charge in [-0.2, -0.15) is 4.98 Å². The number of rotatable bonds is 8. The number of para-hydroxylation sites is 1. The molecule has 0 atom stereocenters. The van der Waals surface area contributed by atoms with Gasteiger partial charge in [0.15, 0.2) is 5.16 Å². The van der Waals surface area contributed by atoms with E-state index in [1.54, 1.807) is 16.7 Å². The smallest absolute Gasteiger partial charge is 0.262 e. The molecule has 0 radical (unpaired) electrons. The number of thioether (sulfide) groups is 1. The number of unbranched alkanes of at least 4 members (excludes halogenated alkanes) is 2. The van der Waals surface area contributed by atoms with E-state index in [1.807, 2.05) is 40.8 Å². The van der Waals surface area contributed by atoms with Crippen LogP contribution < -0.4 is 5.56 Å². The number of hydrogen-bond acceptors (Lipinski definition) is 7. The van der Waals surface area contributed by atoms with Gasteiger partial charge in [-0.1, -0.05) is 60.4 Å². The fourth-order valence-corrected chi connectivity index (χ4v) is 4.61. The average Bonchev–Trinajstić information content (AvgIpc) is 3.48. The topological polar surface area (TPSA) is 91.1 Å². The van der Waals surface area contributed by atoms with Gasteiger partial charge >= 0.3 is 0 Å². The molecule has 0 N–H and O–H groups in total. The summed E-state index contributed by atoms with van der Waals surface area (Å²) in [5.41, 5.74) is 1.57. The third-order valence-electron chi connectivity index (χ3n) is 5.36. The van der Waals surface area contributed by atoms with Crippen LogP contribution >= 0.6 is 23.4 Å². The lowest BCUT2D eigenvalue weighted by Gasteiger charge is -2.10. The van der Waals surface area contributed by atoms with E-state index < -0.39 is 0 Å². The zero-order chi connectivity index (χ0) is 22.8. The standard InChI is InChI=1S/C23H21ClN6O2S/c1-2-3-6-13-29-21(31)17-7-4-5-8-18(17)30-22(29)26-27-23(30)33-14-19-25-20(28-32-19)15-9-11-16(24)12-10-15/h4-5,7-12H,2-3,6,13-14H2,1H3. The number of aryl methyl sites for hydroxylation is 1. The van der Waals surface area contributed by atoms with Gasteiger partial charge in [0.05, 0.1) is 16.7 Å². The number of benzene rings is 2. The van der Waals surface area contributed by atoms with Crippen LogP contribution in [0.15, 0.2) is 63.0 Å². The molecule has 3 aromatic heterocycles. The lowest BCUT2D eigenvalue weighted by Crippen LogP contribution is -2.23. The summed E-state index contributed by atoms with van der Waals surface area (Å²) in [6.45, 7) is 2.75. The van der Waals surface area contributed by atoms with E-state index in [0.717, 1.165) is 30.3 Å². The molecule has 10 heteroatoms. The van der Waals surface area contributed by atoms with Crippen LogP contribution in [0.4, 0.5) is 0 Å². The van der Waals surface area contributed by atoms with E-state index in [1.165, 1.54) is 11.8 Å². The van der Waals surface area contributed by atoms with Gasteiger partial charge in [-0.15, -0.1) is 10.2 Å². The first-order valence-corrected chi connectivity index (χ1v) is 12.1. The summed E-state index contributed by atoms with van der Waals surface area (Å²) in [7, 11) is 0. The highest BCUT2D eigenvalue weighted by Gasteiger charge is 2.18. The molecule has 3 heterocycles. The van der Waals surface area contributed by atoms with E-state index in [4.69, 9.17) is 16.1 Å². The maximum Gasteiger partial charge on any atom is 0.262 e. The number of aromatic nitrogens is 6. The van der Waals surface area contributed by atoms with Gasteiger partial charge < -0.3 is 4.52 Å². The van der Waals surface area contributed by atoms with E-state index in [2.05, 4.69) is 27.3 Å². The van der Waals surface area contributed by atoms with E-state index in [0.29, 0.717) is 45.4 Å². The SMILES string of the molecule is CCCCCn1c(=O)c2ccccc2n2c(SCc3nc(-c4ccc(Cl)cc4)no3)nnc12. The lowest BCUT2D eigenvalue weighted by atomic mass is 10.2. The molecule has 0 amide bonds. The Morgan fingerprint density at radius 1 is 1.06 bits per heavy atom. The Labute approximate surface area is 198 Å². The Hall–Kier alpha value is -3.17. The lowest BCUT2D eigenvalue weighted by molar-refractivity contribution is 0.391. The predicted molar refractivity (Wildman–Crippen MR) is 129 cm³/mol. The third-order valence-corrected chi connectivity index (χ3v) is 6.52. The third kappa shape index (κ3) is 4.26. The average molecular weight is 481 g/mol. The Morgan fingerprint density at radius 3 is 2.70 bits per heavy atom. The van der Waals surface area contributed by atoms with E-state index in [-0.39, 0.29) is 5.56 Å². The molecule has 5 aromatic rings. The van der Waals surface area contributed by atoms with Crippen molar-refractivity contribution in [2.45, 2.75) is 43.6 Å². The van der Waals surface area contributed by atoms with Crippen molar-refractivity contribution in [3.63, 3.8) is 0 Å². The van der Waals surface area contributed by atoms with Gasteiger partial charge in [0, 0.05) is 17.1 Å². The van der Waals surface area contributed by atoms with Gasteiger partial charge in [0.1, 0.15) is 0 Å². The summed E-state index contributed by atoms with van der Waals surface area (Å²) in [6.07, 6.45) is 3.04. The maximum atomic E-state index is 13.1. The monoisotopic (exact) mass is 480 g/mol. The molecule has 0 saturated heterocycles. The second kappa shape index (κ2) is 9.36. The molecule has 0 aliphatic heterocycles. The van der Waals surface area contributed by atoms with Gasteiger partial charge in [-0.3, -0.25) is 13.8 Å². The molecule has 0 aliphatic rings. The molecule has 0 spiro atoms. The van der Waals surface area contributed by atoms with Crippen LogP contribution in [0.3, 0.4) is 0 Å². The molecule has 8 nitrogen and oxygen atoms in total. The molecule has 0 aliphatic carbocycles. The summed E-state index contributed by atoms with van der Waals surface area (Å²) >= 11 is 7.39. The van der Waals surface area contributed by atoms with Crippen molar-refractivity contribution in [1.82, 2.24) is 29.3 Å². The van der Waals surface area contributed by atoms with Crippen molar-refractivity contribution in [2.75, 3.05) is 0 Å². The highest BCUT2D eigenvalue weighted by molar-refractivity contribution is 7.98. The van der Waals surface area contributed by atoms with Crippen LogP contribution in [0, 0.1) is 0 Å². The van der Waals surface area contributed by atoms with Crippen molar-refractivity contribution in [2.24, 2.45) is 0 Å². The quantitative estimate of drug-likeness (QED) is 0.222. The van der Waals surface area contributed by atoms with Crippen LogP contribution in [0.1, 0.15) is 32.1 Å². The summed E-state index contributed by atoms with van der Waals surface area (Å²) in [5.74, 6) is 1.94. The highest BCUT2D eigenvalue weighted by atomic mass is 35.5. The van der Waals surface area contributed by atoms with Gasteiger partial charge in [-0.25, -0.2) is 0 Å². The van der Waals surface area contributed by atoms with Gasteiger partial charge in [0.25, 0.3) is 5.56 Å². The van der Waals surface area contributed by atoms with Crippen molar-refractivity contribution in [1.29, 1.82) is 0 Å². The molecule has 33 heavy (non-hydrogen) atoms. The Bertz CT molecular complexity index is 1470. The Morgan fingerprint density at radius 2 is 1.88 bits per heavy atom. The number of nitrogens with zero attached hydrogens (tertiary/aromatic N) is 6. The summed E-state index contributed by atoms with van der Waals surface area (Å²) in [6, 6.07) is 14.8. The maximum absolute atomic E-state index is 13.1. The van der Waals surface area contributed by atoms with Crippen LogP contribution in [0.5, 0.6) is 0 Å². The van der Waals surface area contributed by atoms with Gasteiger partial charge in [0.2, 0.25) is 17.5 Å². The minimum absolute atomic E-state index is 0.0392. The molecule has 0 saturated carbocycles. The van der Waals surface area contributed by atoms with E-state index in [9.17, 15) is 4.79 Å². The summed E-state index contributed by atoms with van der Waals surface area (Å²) in [5, 5.41) is 14.8. The fraction of sp³-hybridized carbons (Fsp3) is 0.261. The first-order chi connectivity index (χ1) is 16.2. The molecule has 5 rings (SSSR count). The van der Waals surface area contributed by atoms with Crippen LogP contribution in [-0.2, 0) is 12.3 Å². The highest BCUT2D eigenvalue weighted by Crippen LogP contribution is 2.26. The van der Waals surface area contributed by atoms with E-state index >= 15 is 0 Å². The van der Waals surface area contributed by atoms with Crippen molar-refractivity contribution in [3.05, 3.63) is 69.8 Å². The zero-order valence-electron chi connectivity index (χ0n) is 17.9. The summed E-state index contributed by atoms with van der Waals surface area (Å²) < 4.78 is 9.08. The fourth-order valence-electron chi connectivity index (χ4n) is 3.70. The number of hydrogen-bond donors (Lipinski definition) is 0. The second-order valence-corrected chi connectivity index (χ2v) is 8.99. The Balaban J connectivity index is 1.47. The first kappa shape index (κ1) is 21.7. The predicted octanol–water partition coefficient (Wildman–Crippen LogP) is 5.23. The first-order valence-electron chi connectivity index (χ1n) is 10.7.